The molecule has 2 aromatic heterocycles. The van der Waals surface area contributed by atoms with Crippen LogP contribution in [0, 0.1) is 0 Å². The maximum atomic E-state index is 5.02. The lowest BCUT2D eigenvalue weighted by atomic mass is 10.3. The first-order valence-electron chi connectivity index (χ1n) is 6.14. The first-order valence-corrected chi connectivity index (χ1v) is 6.14. The van der Waals surface area contributed by atoms with Crippen LogP contribution in [0.5, 0.6) is 0 Å². The maximum Gasteiger partial charge on any atom is 0.108 e. The summed E-state index contributed by atoms with van der Waals surface area (Å²) in [4.78, 5) is 4.36. The molecule has 3 aromatic rings. The zero-order chi connectivity index (χ0) is 13.1. The fourth-order valence-corrected chi connectivity index (χ4v) is 2.06. The average Bonchev–Trinajstić information content (AvgIpc) is 3.04. The lowest BCUT2D eigenvalue weighted by molar-refractivity contribution is 0.181. The highest BCUT2D eigenvalue weighted by Crippen LogP contribution is 2.11. The van der Waals surface area contributed by atoms with Gasteiger partial charge in [-0.15, -0.1) is 5.10 Å². The zero-order valence-corrected chi connectivity index (χ0v) is 10.7. The van der Waals surface area contributed by atoms with E-state index in [4.69, 9.17) is 4.74 Å². The van der Waals surface area contributed by atoms with Gasteiger partial charge >= 0.3 is 0 Å². The van der Waals surface area contributed by atoms with Crippen molar-refractivity contribution < 1.29 is 4.74 Å². The summed E-state index contributed by atoms with van der Waals surface area (Å²) in [7, 11) is 1.65. The van der Waals surface area contributed by atoms with E-state index in [9.17, 15) is 0 Å². The van der Waals surface area contributed by atoms with Crippen LogP contribution in [-0.4, -0.2) is 31.7 Å². The van der Waals surface area contributed by atoms with Gasteiger partial charge in [-0.05, 0) is 12.1 Å². The fourth-order valence-electron chi connectivity index (χ4n) is 2.06. The highest BCUT2D eigenvalue weighted by Gasteiger charge is 2.03. The van der Waals surface area contributed by atoms with Crippen molar-refractivity contribution in [2.24, 2.45) is 0 Å². The van der Waals surface area contributed by atoms with E-state index >= 15 is 0 Å². The summed E-state index contributed by atoms with van der Waals surface area (Å²) in [6, 6.07) is 8.10. The second-order valence-electron chi connectivity index (χ2n) is 4.33. The molecule has 0 aliphatic heterocycles. The van der Waals surface area contributed by atoms with E-state index in [0.717, 1.165) is 29.8 Å². The predicted octanol–water partition coefficient (Wildman–Crippen LogP) is 1.47. The normalized spacial score (nSPS) is 11.2. The van der Waals surface area contributed by atoms with Gasteiger partial charge in [-0.2, -0.15) is 0 Å². The number of fused-ring (bicyclic) bond motifs is 1. The van der Waals surface area contributed by atoms with Gasteiger partial charge in [0.1, 0.15) is 5.69 Å². The molecule has 1 aromatic carbocycles. The third-order valence-corrected chi connectivity index (χ3v) is 2.98. The molecule has 3 rings (SSSR count). The number of benzene rings is 1. The monoisotopic (exact) mass is 257 g/mol. The van der Waals surface area contributed by atoms with E-state index in [2.05, 4.69) is 25.9 Å². The maximum absolute atomic E-state index is 5.02. The van der Waals surface area contributed by atoms with Crippen LogP contribution in [0.3, 0.4) is 0 Å². The minimum Gasteiger partial charge on any atom is -0.378 e. The van der Waals surface area contributed by atoms with Crippen molar-refractivity contribution in [3.63, 3.8) is 0 Å². The van der Waals surface area contributed by atoms with Crippen molar-refractivity contribution in [1.82, 2.24) is 24.5 Å². The van der Waals surface area contributed by atoms with Crippen LogP contribution in [0.2, 0.25) is 0 Å². The topological polar surface area (TPSA) is 57.8 Å². The minimum atomic E-state index is 0.494. The van der Waals surface area contributed by atoms with Crippen LogP contribution < -0.4 is 0 Å². The standard InChI is InChI=1S/C13H15N5O/c1-19-9-11-8-18(16-15-11)7-6-17-10-14-12-4-2-3-5-13(12)17/h2-5,8,10H,6-7,9H2,1H3. The molecular weight excluding hydrogens is 242 g/mol. The molecule has 0 unspecified atom stereocenters. The Balaban J connectivity index is 1.71. The van der Waals surface area contributed by atoms with Gasteiger partial charge in [0.2, 0.25) is 0 Å². The largest absolute Gasteiger partial charge is 0.378 e. The number of hydrogen-bond acceptors (Lipinski definition) is 4. The first kappa shape index (κ1) is 11.9. The van der Waals surface area contributed by atoms with Gasteiger partial charge in [-0.3, -0.25) is 4.68 Å². The summed E-state index contributed by atoms with van der Waals surface area (Å²) in [5.41, 5.74) is 3.00. The summed E-state index contributed by atoms with van der Waals surface area (Å²) >= 11 is 0. The molecule has 2 heterocycles. The molecule has 0 spiro atoms. The number of rotatable bonds is 5. The molecule has 0 aliphatic rings. The van der Waals surface area contributed by atoms with E-state index < -0.39 is 0 Å². The SMILES string of the molecule is COCc1cn(CCn2cnc3ccccc32)nn1. The van der Waals surface area contributed by atoms with Gasteiger partial charge in [0.25, 0.3) is 0 Å². The fraction of sp³-hybridized carbons (Fsp3) is 0.308. The van der Waals surface area contributed by atoms with Gasteiger partial charge in [-0.1, -0.05) is 17.3 Å². The van der Waals surface area contributed by atoms with Crippen molar-refractivity contribution in [3.8, 4) is 0 Å². The Labute approximate surface area is 110 Å². The molecule has 0 N–H and O–H groups in total. The number of aryl methyl sites for hydroxylation is 2. The Morgan fingerprint density at radius 3 is 3.00 bits per heavy atom. The third-order valence-electron chi connectivity index (χ3n) is 2.98. The Morgan fingerprint density at radius 2 is 2.11 bits per heavy atom. The molecule has 6 nitrogen and oxygen atoms in total. The highest BCUT2D eigenvalue weighted by molar-refractivity contribution is 5.74. The van der Waals surface area contributed by atoms with Crippen LogP contribution in [0.4, 0.5) is 0 Å². The number of para-hydroxylation sites is 2. The van der Waals surface area contributed by atoms with E-state index in [1.807, 2.05) is 35.4 Å². The van der Waals surface area contributed by atoms with Crippen LogP contribution in [0.1, 0.15) is 5.69 Å². The summed E-state index contributed by atoms with van der Waals surface area (Å²) in [5.74, 6) is 0. The van der Waals surface area contributed by atoms with E-state index in [0.29, 0.717) is 6.61 Å². The Morgan fingerprint density at radius 1 is 1.21 bits per heavy atom. The van der Waals surface area contributed by atoms with Gasteiger partial charge in [0, 0.05) is 13.7 Å². The number of ether oxygens (including phenoxy) is 1. The third kappa shape index (κ3) is 2.48. The van der Waals surface area contributed by atoms with Gasteiger partial charge < -0.3 is 9.30 Å². The van der Waals surface area contributed by atoms with Gasteiger partial charge in [0.15, 0.2) is 0 Å². The lowest BCUT2D eigenvalue weighted by Crippen LogP contribution is -2.07. The number of aromatic nitrogens is 5. The predicted molar refractivity (Wildman–Crippen MR) is 70.5 cm³/mol. The number of nitrogens with zero attached hydrogens (tertiary/aromatic N) is 5. The molecule has 6 heteroatoms. The Kier molecular flexibility index (Phi) is 3.24. The summed E-state index contributed by atoms with van der Waals surface area (Å²) < 4.78 is 8.96. The number of imidazole rings is 1. The molecule has 0 radical (unpaired) electrons. The van der Waals surface area contributed by atoms with Crippen molar-refractivity contribution in [3.05, 3.63) is 42.5 Å². The number of methoxy groups -OCH3 is 1. The molecule has 0 fully saturated rings. The van der Waals surface area contributed by atoms with E-state index in [-0.39, 0.29) is 0 Å². The molecule has 0 bridgehead atoms. The molecule has 0 saturated heterocycles. The molecule has 0 amide bonds. The molecule has 0 saturated carbocycles. The smallest absolute Gasteiger partial charge is 0.108 e. The minimum absolute atomic E-state index is 0.494. The van der Waals surface area contributed by atoms with Crippen molar-refractivity contribution in [2.45, 2.75) is 19.7 Å². The van der Waals surface area contributed by atoms with Crippen LogP contribution in [0.25, 0.3) is 11.0 Å². The summed E-state index contributed by atoms with van der Waals surface area (Å²) in [6.07, 6.45) is 3.76. The van der Waals surface area contributed by atoms with E-state index in [1.165, 1.54) is 0 Å². The molecule has 0 atom stereocenters. The quantitative estimate of drug-likeness (QED) is 0.694. The second-order valence-corrected chi connectivity index (χ2v) is 4.33. The molecule has 98 valence electrons. The highest BCUT2D eigenvalue weighted by atomic mass is 16.5. The lowest BCUT2D eigenvalue weighted by Gasteiger charge is -2.03. The molecular formula is C13H15N5O. The molecule has 0 aliphatic carbocycles. The van der Waals surface area contributed by atoms with Gasteiger partial charge in [-0.25, -0.2) is 4.98 Å². The van der Waals surface area contributed by atoms with Crippen LogP contribution in [-0.2, 0) is 24.4 Å². The zero-order valence-electron chi connectivity index (χ0n) is 10.7. The Bertz CT molecular complexity index is 672. The van der Waals surface area contributed by atoms with Gasteiger partial charge in [0.05, 0.1) is 36.7 Å². The summed E-state index contributed by atoms with van der Waals surface area (Å²) in [5, 5.41) is 8.10. The summed E-state index contributed by atoms with van der Waals surface area (Å²) in [6.45, 7) is 2.07. The molecule has 19 heavy (non-hydrogen) atoms. The van der Waals surface area contributed by atoms with Crippen molar-refractivity contribution in [2.75, 3.05) is 7.11 Å². The first-order chi connectivity index (χ1) is 9.36. The van der Waals surface area contributed by atoms with Crippen molar-refractivity contribution in [1.29, 1.82) is 0 Å². The van der Waals surface area contributed by atoms with Crippen LogP contribution in [0.15, 0.2) is 36.8 Å². The number of hydrogen-bond donors (Lipinski definition) is 0. The van der Waals surface area contributed by atoms with Crippen molar-refractivity contribution >= 4 is 11.0 Å². The van der Waals surface area contributed by atoms with Crippen LogP contribution >= 0.6 is 0 Å². The average molecular weight is 257 g/mol. The van der Waals surface area contributed by atoms with E-state index in [1.54, 1.807) is 7.11 Å². The Hall–Kier alpha value is -2.21. The second kappa shape index (κ2) is 5.19.